The highest BCUT2D eigenvalue weighted by atomic mass is 16.5. The second kappa shape index (κ2) is 5.19. The van der Waals surface area contributed by atoms with Gasteiger partial charge in [-0.15, -0.1) is 0 Å². The number of aliphatic imine (C=N–C) groups is 1. The molecule has 0 bridgehead atoms. The molecular weight excluding hydrogens is 164 g/mol. The molecule has 0 radical (unpaired) electrons. The number of para-hydroxylation sites is 1. The molecular formula is C10H14N2O. The summed E-state index contributed by atoms with van der Waals surface area (Å²) in [5.74, 6) is 1.35. The Hall–Kier alpha value is -1.51. The van der Waals surface area contributed by atoms with Gasteiger partial charge >= 0.3 is 0 Å². The Bertz CT molecular complexity index is 270. The smallest absolute Gasteiger partial charge is 0.145 e. The van der Waals surface area contributed by atoms with E-state index >= 15 is 0 Å². The average Bonchev–Trinajstić information content (AvgIpc) is 2.17. The van der Waals surface area contributed by atoms with Crippen LogP contribution in [-0.2, 0) is 0 Å². The average molecular weight is 178 g/mol. The highest BCUT2D eigenvalue weighted by Gasteiger charge is 1.93. The topological polar surface area (TPSA) is 47.6 Å². The van der Waals surface area contributed by atoms with Crippen molar-refractivity contribution in [3.05, 3.63) is 30.3 Å². The maximum Gasteiger partial charge on any atom is 0.145 e. The van der Waals surface area contributed by atoms with Crippen LogP contribution in [0.15, 0.2) is 35.3 Å². The summed E-state index contributed by atoms with van der Waals surface area (Å²) >= 11 is 0. The van der Waals surface area contributed by atoms with Crippen molar-refractivity contribution in [3.63, 3.8) is 0 Å². The summed E-state index contributed by atoms with van der Waals surface area (Å²) in [6.07, 6.45) is 0. The van der Waals surface area contributed by atoms with E-state index in [1.165, 1.54) is 0 Å². The molecule has 3 heteroatoms. The SMILES string of the molecule is CCN=C(N)COc1ccccc1. The molecule has 0 saturated heterocycles. The van der Waals surface area contributed by atoms with Crippen LogP contribution in [0.1, 0.15) is 6.92 Å². The minimum absolute atomic E-state index is 0.359. The zero-order chi connectivity index (χ0) is 9.52. The fourth-order valence-electron chi connectivity index (χ4n) is 0.923. The molecule has 13 heavy (non-hydrogen) atoms. The molecule has 0 amide bonds. The first-order valence-electron chi connectivity index (χ1n) is 4.29. The molecule has 0 aliphatic heterocycles. The van der Waals surface area contributed by atoms with Crippen LogP contribution >= 0.6 is 0 Å². The van der Waals surface area contributed by atoms with Crippen LogP contribution in [0, 0.1) is 0 Å². The van der Waals surface area contributed by atoms with Gasteiger partial charge in [0.25, 0.3) is 0 Å². The second-order valence-electron chi connectivity index (χ2n) is 2.57. The Morgan fingerprint density at radius 1 is 1.38 bits per heavy atom. The van der Waals surface area contributed by atoms with Crippen molar-refractivity contribution in [2.75, 3.05) is 13.2 Å². The second-order valence-corrected chi connectivity index (χ2v) is 2.57. The lowest BCUT2D eigenvalue weighted by atomic mass is 10.3. The van der Waals surface area contributed by atoms with Crippen molar-refractivity contribution in [3.8, 4) is 5.75 Å². The lowest BCUT2D eigenvalue weighted by Crippen LogP contribution is -2.21. The first kappa shape index (κ1) is 9.58. The first-order valence-corrected chi connectivity index (χ1v) is 4.29. The summed E-state index contributed by atoms with van der Waals surface area (Å²) < 4.78 is 5.36. The molecule has 0 aromatic heterocycles. The lowest BCUT2D eigenvalue weighted by Gasteiger charge is -2.04. The summed E-state index contributed by atoms with van der Waals surface area (Å²) in [4.78, 5) is 4.01. The first-order chi connectivity index (χ1) is 6.33. The van der Waals surface area contributed by atoms with E-state index in [4.69, 9.17) is 10.5 Å². The fraction of sp³-hybridized carbons (Fsp3) is 0.300. The van der Waals surface area contributed by atoms with Crippen molar-refractivity contribution < 1.29 is 4.74 Å². The Balaban J connectivity index is 2.39. The molecule has 0 unspecified atom stereocenters. The van der Waals surface area contributed by atoms with Gasteiger partial charge < -0.3 is 10.5 Å². The van der Waals surface area contributed by atoms with E-state index in [1.807, 2.05) is 37.3 Å². The van der Waals surface area contributed by atoms with Gasteiger partial charge in [-0.3, -0.25) is 4.99 Å². The number of ether oxygens (including phenoxy) is 1. The van der Waals surface area contributed by atoms with Gasteiger partial charge in [-0.25, -0.2) is 0 Å². The number of hydrogen-bond donors (Lipinski definition) is 1. The summed E-state index contributed by atoms with van der Waals surface area (Å²) in [5.41, 5.74) is 5.56. The van der Waals surface area contributed by atoms with Crippen LogP contribution in [0.4, 0.5) is 0 Å². The molecule has 0 fully saturated rings. The van der Waals surface area contributed by atoms with Crippen molar-refractivity contribution in [1.29, 1.82) is 0 Å². The Labute approximate surface area is 78.2 Å². The number of hydrogen-bond acceptors (Lipinski definition) is 2. The third-order valence-electron chi connectivity index (χ3n) is 1.49. The van der Waals surface area contributed by atoms with Gasteiger partial charge in [0.2, 0.25) is 0 Å². The maximum absolute atomic E-state index is 5.56. The highest BCUT2D eigenvalue weighted by Crippen LogP contribution is 2.07. The van der Waals surface area contributed by atoms with Gasteiger partial charge in [0.1, 0.15) is 18.2 Å². The lowest BCUT2D eigenvalue weighted by molar-refractivity contribution is 0.375. The molecule has 2 N–H and O–H groups in total. The van der Waals surface area contributed by atoms with Crippen LogP contribution in [0.5, 0.6) is 5.75 Å². The van der Waals surface area contributed by atoms with Gasteiger partial charge in [-0.2, -0.15) is 0 Å². The molecule has 0 aliphatic carbocycles. The van der Waals surface area contributed by atoms with Gasteiger partial charge in [0.05, 0.1) is 0 Å². The van der Waals surface area contributed by atoms with Crippen molar-refractivity contribution in [2.45, 2.75) is 6.92 Å². The summed E-state index contributed by atoms with van der Waals surface area (Å²) in [5, 5.41) is 0. The molecule has 0 spiro atoms. The van der Waals surface area contributed by atoms with Gasteiger partial charge in [-0.1, -0.05) is 18.2 Å². The number of nitrogens with two attached hydrogens (primary N) is 1. The normalized spacial score (nSPS) is 11.3. The molecule has 0 heterocycles. The van der Waals surface area contributed by atoms with Crippen molar-refractivity contribution in [1.82, 2.24) is 0 Å². The van der Waals surface area contributed by atoms with Gasteiger partial charge in [-0.05, 0) is 19.1 Å². The molecule has 3 nitrogen and oxygen atoms in total. The van der Waals surface area contributed by atoms with E-state index in [0.29, 0.717) is 19.0 Å². The van der Waals surface area contributed by atoms with E-state index in [0.717, 1.165) is 5.75 Å². The Morgan fingerprint density at radius 2 is 2.08 bits per heavy atom. The minimum Gasteiger partial charge on any atom is -0.486 e. The van der Waals surface area contributed by atoms with Crippen LogP contribution in [-0.4, -0.2) is 19.0 Å². The molecule has 1 aromatic carbocycles. The molecule has 1 aromatic rings. The zero-order valence-corrected chi connectivity index (χ0v) is 7.73. The van der Waals surface area contributed by atoms with Gasteiger partial charge in [0, 0.05) is 6.54 Å². The maximum atomic E-state index is 5.56. The van der Waals surface area contributed by atoms with Crippen LogP contribution < -0.4 is 10.5 Å². The van der Waals surface area contributed by atoms with Crippen LogP contribution in [0.3, 0.4) is 0 Å². The zero-order valence-electron chi connectivity index (χ0n) is 7.73. The summed E-state index contributed by atoms with van der Waals surface area (Å²) in [6, 6.07) is 9.56. The third kappa shape index (κ3) is 3.60. The standard InChI is InChI=1S/C10H14N2O/c1-2-12-10(11)8-13-9-6-4-3-5-7-9/h3-7H,2,8H2,1H3,(H2,11,12). The molecule has 0 saturated carbocycles. The number of nitrogens with zero attached hydrogens (tertiary/aromatic N) is 1. The van der Waals surface area contributed by atoms with E-state index in [9.17, 15) is 0 Å². The molecule has 1 rings (SSSR count). The fourth-order valence-corrected chi connectivity index (χ4v) is 0.923. The third-order valence-corrected chi connectivity index (χ3v) is 1.49. The highest BCUT2D eigenvalue weighted by molar-refractivity contribution is 5.81. The van der Waals surface area contributed by atoms with Crippen molar-refractivity contribution in [2.24, 2.45) is 10.7 Å². The monoisotopic (exact) mass is 178 g/mol. The number of benzene rings is 1. The number of rotatable bonds is 4. The largest absolute Gasteiger partial charge is 0.486 e. The van der Waals surface area contributed by atoms with E-state index in [2.05, 4.69) is 4.99 Å². The minimum atomic E-state index is 0.359. The summed E-state index contributed by atoms with van der Waals surface area (Å²) in [7, 11) is 0. The molecule has 0 atom stereocenters. The quantitative estimate of drug-likeness (QED) is 0.560. The van der Waals surface area contributed by atoms with E-state index in [1.54, 1.807) is 0 Å². The van der Waals surface area contributed by atoms with Gasteiger partial charge in [0.15, 0.2) is 0 Å². The Kier molecular flexibility index (Phi) is 3.82. The summed E-state index contributed by atoms with van der Waals surface area (Å²) in [6.45, 7) is 3.00. The number of amidine groups is 1. The van der Waals surface area contributed by atoms with E-state index < -0.39 is 0 Å². The predicted octanol–water partition coefficient (Wildman–Crippen LogP) is 1.44. The molecule has 0 aliphatic rings. The van der Waals surface area contributed by atoms with Crippen LogP contribution in [0.2, 0.25) is 0 Å². The molecule has 70 valence electrons. The predicted molar refractivity (Wildman–Crippen MR) is 54.1 cm³/mol. The van der Waals surface area contributed by atoms with Crippen molar-refractivity contribution >= 4 is 5.84 Å². The van der Waals surface area contributed by atoms with Crippen LogP contribution in [0.25, 0.3) is 0 Å². The Morgan fingerprint density at radius 3 is 2.69 bits per heavy atom. The van der Waals surface area contributed by atoms with E-state index in [-0.39, 0.29) is 0 Å².